The zero-order chi connectivity index (χ0) is 10.3. The molecule has 0 aromatic rings. The van der Waals surface area contributed by atoms with E-state index in [2.05, 4.69) is 44.6 Å². The first-order chi connectivity index (χ1) is 6.09. The van der Waals surface area contributed by atoms with E-state index in [1.165, 1.54) is 30.2 Å². The average Bonchev–Trinajstić information content (AvgIpc) is 2.02. The molecule has 0 saturated heterocycles. The summed E-state index contributed by atoms with van der Waals surface area (Å²) < 4.78 is 2.18. The van der Waals surface area contributed by atoms with Crippen LogP contribution in [0.25, 0.3) is 0 Å². The van der Waals surface area contributed by atoms with E-state index in [1.54, 1.807) is 0 Å². The van der Waals surface area contributed by atoms with Gasteiger partial charge in [-0.2, -0.15) is 0 Å². The fraction of sp³-hybridized carbons (Fsp3) is 0.900. The lowest BCUT2D eigenvalue weighted by atomic mass is 10.3. The van der Waals surface area contributed by atoms with Crippen molar-refractivity contribution in [2.75, 3.05) is 33.9 Å². The van der Waals surface area contributed by atoms with Crippen molar-refractivity contribution in [1.29, 1.82) is 0 Å². The number of thioether (sulfide) groups is 1. The molecule has 0 aliphatic carbocycles. The third kappa shape index (κ3) is 5.97. The Labute approximate surface area is 87.0 Å². The van der Waals surface area contributed by atoms with Crippen molar-refractivity contribution in [2.45, 2.75) is 26.2 Å². The van der Waals surface area contributed by atoms with Gasteiger partial charge in [0.25, 0.3) is 0 Å². The van der Waals surface area contributed by atoms with Crippen molar-refractivity contribution in [3.8, 4) is 0 Å². The van der Waals surface area contributed by atoms with E-state index in [1.807, 2.05) is 11.8 Å². The van der Waals surface area contributed by atoms with Gasteiger partial charge in [-0.3, -0.25) is 9.48 Å². The number of rotatable bonds is 4. The van der Waals surface area contributed by atoms with Gasteiger partial charge in [-0.1, -0.05) is 19.8 Å². The highest BCUT2D eigenvalue weighted by Crippen LogP contribution is 2.09. The third-order valence-corrected chi connectivity index (χ3v) is 3.23. The number of unbranched alkanes of at least 4 members (excludes halogenated alkanes) is 2. The van der Waals surface area contributed by atoms with Gasteiger partial charge in [0.2, 0.25) is 0 Å². The first-order valence-corrected chi connectivity index (χ1v) is 5.92. The second kappa shape index (κ2) is 7.25. The molecule has 0 aromatic heterocycles. The number of amidine groups is 1. The summed E-state index contributed by atoms with van der Waals surface area (Å²) in [6.45, 7) is 2.24. The molecule has 0 atom stereocenters. The van der Waals surface area contributed by atoms with Gasteiger partial charge in [0, 0.05) is 5.75 Å². The van der Waals surface area contributed by atoms with Crippen molar-refractivity contribution >= 4 is 16.9 Å². The summed E-state index contributed by atoms with van der Waals surface area (Å²) in [5.41, 5.74) is 0. The normalized spacial score (nSPS) is 9.92. The second-order valence-electron chi connectivity index (χ2n) is 3.63. The summed E-state index contributed by atoms with van der Waals surface area (Å²) in [4.78, 5) is 2.18. The molecular weight excluding hydrogens is 180 g/mol. The summed E-state index contributed by atoms with van der Waals surface area (Å²) in [6, 6.07) is 0. The molecule has 0 spiro atoms. The predicted molar refractivity (Wildman–Crippen MR) is 62.8 cm³/mol. The summed E-state index contributed by atoms with van der Waals surface area (Å²) in [6.07, 6.45) is 3.98. The monoisotopic (exact) mass is 203 g/mol. The molecule has 0 aliphatic heterocycles. The number of hydrogen-bond acceptors (Lipinski definition) is 1. The smallest absolute Gasteiger partial charge is 0.262 e. The topological polar surface area (TPSA) is 6.25 Å². The molecule has 3 heteroatoms. The van der Waals surface area contributed by atoms with Gasteiger partial charge in [0.1, 0.15) is 0 Å². The molecule has 0 saturated carbocycles. The van der Waals surface area contributed by atoms with E-state index in [-0.39, 0.29) is 0 Å². The van der Waals surface area contributed by atoms with Crippen LogP contribution in [0.3, 0.4) is 0 Å². The van der Waals surface area contributed by atoms with Gasteiger partial charge in [-0.25, -0.2) is 0 Å². The van der Waals surface area contributed by atoms with E-state index >= 15 is 0 Å². The highest BCUT2D eigenvalue weighted by molar-refractivity contribution is 8.13. The van der Waals surface area contributed by atoms with Crippen LogP contribution in [-0.4, -0.2) is 48.6 Å². The summed E-state index contributed by atoms with van der Waals surface area (Å²) >= 11 is 1.95. The highest BCUT2D eigenvalue weighted by Gasteiger charge is 2.10. The molecule has 0 unspecified atom stereocenters. The first kappa shape index (κ1) is 12.8. The Bertz CT molecular complexity index is 160. The quantitative estimate of drug-likeness (QED) is 0.299. The minimum Gasteiger partial charge on any atom is -0.262 e. The van der Waals surface area contributed by atoms with Crippen LogP contribution in [0.1, 0.15) is 26.2 Å². The minimum absolute atomic E-state index is 1.24. The Kier molecular flexibility index (Phi) is 7.14. The van der Waals surface area contributed by atoms with Crippen molar-refractivity contribution in [1.82, 2.24) is 4.90 Å². The van der Waals surface area contributed by atoms with Crippen LogP contribution in [-0.2, 0) is 0 Å². The Morgan fingerprint density at radius 2 is 1.85 bits per heavy atom. The maximum Gasteiger partial charge on any atom is 0.307 e. The second-order valence-corrected chi connectivity index (χ2v) is 4.69. The van der Waals surface area contributed by atoms with Crippen molar-refractivity contribution in [3.63, 3.8) is 0 Å². The van der Waals surface area contributed by atoms with E-state index in [0.29, 0.717) is 0 Å². The molecular formula is C10H23N2S+. The maximum atomic E-state index is 2.24. The van der Waals surface area contributed by atoms with Crippen LogP contribution in [0.15, 0.2) is 0 Å². The standard InChI is InChI=1S/C10H23N2S/c1-6-7-8-9-13-10(11(2)3)12(4)5/h6-9H2,1-5H3/q+1. The third-order valence-electron chi connectivity index (χ3n) is 1.74. The van der Waals surface area contributed by atoms with Gasteiger partial charge in [0.05, 0.1) is 28.2 Å². The Morgan fingerprint density at radius 1 is 1.23 bits per heavy atom. The van der Waals surface area contributed by atoms with Crippen molar-refractivity contribution in [2.24, 2.45) is 0 Å². The van der Waals surface area contributed by atoms with Gasteiger partial charge in [0.15, 0.2) is 0 Å². The van der Waals surface area contributed by atoms with E-state index < -0.39 is 0 Å². The minimum atomic E-state index is 1.24. The number of hydrogen-bond donors (Lipinski definition) is 0. The summed E-state index contributed by atoms with van der Waals surface area (Å²) in [5, 5.41) is 1.34. The fourth-order valence-electron chi connectivity index (χ4n) is 1.17. The average molecular weight is 203 g/mol. The fourth-order valence-corrected chi connectivity index (χ4v) is 2.22. The molecule has 0 rings (SSSR count). The zero-order valence-electron chi connectivity index (χ0n) is 9.63. The van der Waals surface area contributed by atoms with E-state index in [4.69, 9.17) is 0 Å². The lowest BCUT2D eigenvalue weighted by molar-refractivity contribution is -0.466. The van der Waals surface area contributed by atoms with E-state index in [9.17, 15) is 0 Å². The predicted octanol–water partition coefficient (Wildman–Crippen LogP) is 2.10. The SMILES string of the molecule is CCCCCSC(N(C)C)=[N+](C)C. The Hall–Kier alpha value is -0.180. The lowest BCUT2D eigenvalue weighted by Crippen LogP contribution is -2.26. The molecule has 0 fully saturated rings. The van der Waals surface area contributed by atoms with Crippen LogP contribution >= 0.6 is 11.8 Å². The van der Waals surface area contributed by atoms with Gasteiger partial charge >= 0.3 is 5.17 Å². The van der Waals surface area contributed by atoms with Gasteiger partial charge in [-0.05, 0) is 18.2 Å². The molecule has 0 radical (unpaired) electrons. The summed E-state index contributed by atoms with van der Waals surface area (Å²) in [5.74, 6) is 1.24. The van der Waals surface area contributed by atoms with Gasteiger partial charge < -0.3 is 0 Å². The van der Waals surface area contributed by atoms with Crippen molar-refractivity contribution < 1.29 is 4.58 Å². The first-order valence-electron chi connectivity index (χ1n) is 4.94. The molecule has 0 aliphatic rings. The van der Waals surface area contributed by atoms with Crippen LogP contribution in [0.2, 0.25) is 0 Å². The maximum absolute atomic E-state index is 2.24. The molecule has 0 N–H and O–H groups in total. The largest absolute Gasteiger partial charge is 0.307 e. The molecule has 13 heavy (non-hydrogen) atoms. The Balaban J connectivity index is 3.79. The van der Waals surface area contributed by atoms with Gasteiger partial charge in [-0.15, -0.1) is 0 Å². The number of nitrogens with zero attached hydrogens (tertiary/aromatic N) is 2. The van der Waals surface area contributed by atoms with Crippen LogP contribution in [0.4, 0.5) is 0 Å². The molecule has 0 heterocycles. The summed E-state index contributed by atoms with van der Waals surface area (Å²) in [7, 11) is 8.40. The molecule has 78 valence electrons. The van der Waals surface area contributed by atoms with Crippen LogP contribution < -0.4 is 0 Å². The molecule has 0 aromatic carbocycles. The molecule has 0 amide bonds. The highest BCUT2D eigenvalue weighted by atomic mass is 32.2. The zero-order valence-corrected chi connectivity index (χ0v) is 10.4. The Morgan fingerprint density at radius 3 is 2.23 bits per heavy atom. The van der Waals surface area contributed by atoms with Crippen molar-refractivity contribution in [3.05, 3.63) is 0 Å². The molecule has 0 bridgehead atoms. The molecule has 2 nitrogen and oxygen atoms in total. The van der Waals surface area contributed by atoms with Crippen LogP contribution in [0, 0.1) is 0 Å². The lowest BCUT2D eigenvalue weighted by Gasteiger charge is -2.09. The van der Waals surface area contributed by atoms with E-state index in [0.717, 1.165) is 0 Å². The van der Waals surface area contributed by atoms with Crippen LogP contribution in [0.5, 0.6) is 0 Å².